The Morgan fingerprint density at radius 1 is 1.09 bits per heavy atom. The van der Waals surface area contributed by atoms with Gasteiger partial charge >= 0.3 is 0 Å². The number of carbonyl (C=O) groups is 2. The topological polar surface area (TPSA) is 136 Å². The number of amides is 2. The Kier molecular flexibility index (Phi) is 8.93. The summed E-state index contributed by atoms with van der Waals surface area (Å²) in [4.78, 5) is 27.4. The van der Waals surface area contributed by atoms with Crippen LogP contribution in [-0.4, -0.2) is 67.2 Å². The van der Waals surface area contributed by atoms with E-state index in [1.54, 1.807) is 10.6 Å². The van der Waals surface area contributed by atoms with Gasteiger partial charge in [-0.1, -0.05) is 27.7 Å². The van der Waals surface area contributed by atoms with E-state index in [1.165, 1.54) is 6.07 Å². The predicted molar refractivity (Wildman–Crippen MR) is 162 cm³/mol. The fourth-order valence-corrected chi connectivity index (χ4v) is 9.32. The molecule has 2 aromatic rings. The predicted octanol–water partition coefficient (Wildman–Crippen LogP) is 3.67. The van der Waals surface area contributed by atoms with E-state index in [4.69, 9.17) is 10.5 Å². The summed E-state index contributed by atoms with van der Waals surface area (Å²) in [6, 6.07) is 2.96. The highest BCUT2D eigenvalue weighted by atomic mass is 32.2. The van der Waals surface area contributed by atoms with E-state index < -0.39 is 27.0 Å². The molecule has 1 saturated carbocycles. The van der Waals surface area contributed by atoms with E-state index >= 15 is 4.39 Å². The summed E-state index contributed by atoms with van der Waals surface area (Å²) in [5.74, 6) is -1.57. The summed E-state index contributed by atoms with van der Waals surface area (Å²) in [7, 11) is -3.57. The Hall–Kier alpha value is -2.96. The number of anilines is 1. The molecule has 1 fully saturated rings. The number of nitrogens with zero attached hydrogens (tertiary/aromatic N) is 2. The summed E-state index contributed by atoms with van der Waals surface area (Å²) in [5.41, 5.74) is 7.57. The van der Waals surface area contributed by atoms with Crippen molar-refractivity contribution in [3.05, 3.63) is 40.5 Å². The molecule has 43 heavy (non-hydrogen) atoms. The van der Waals surface area contributed by atoms with Gasteiger partial charge in [0.1, 0.15) is 5.82 Å². The number of nitrogens with one attached hydrogen (secondary N) is 2. The fourth-order valence-electron chi connectivity index (χ4n) is 6.97. The maximum atomic E-state index is 15.6. The van der Waals surface area contributed by atoms with Crippen molar-refractivity contribution in [2.45, 2.75) is 96.4 Å². The molecule has 1 aromatic heterocycles. The van der Waals surface area contributed by atoms with E-state index in [9.17, 15) is 18.0 Å². The van der Waals surface area contributed by atoms with E-state index in [-0.39, 0.29) is 48.2 Å². The van der Waals surface area contributed by atoms with Gasteiger partial charge in [0.25, 0.3) is 5.91 Å². The maximum absolute atomic E-state index is 15.6. The first-order valence-corrected chi connectivity index (χ1v) is 17.0. The molecule has 3 aliphatic rings. The number of nitrogens with two attached hydrogens (primary N) is 1. The first-order valence-electron chi connectivity index (χ1n) is 15.3. The number of primary amides is 1. The van der Waals surface area contributed by atoms with Crippen LogP contribution in [0.1, 0.15) is 87.1 Å². The normalized spacial score (nSPS) is 22.2. The van der Waals surface area contributed by atoms with Crippen molar-refractivity contribution < 1.29 is 27.1 Å². The standard InChI is InChI=1S/C31H44FN5O5S/c1-5-36(6-2)12-11-27(38)35-20-9-7-19(8-10-20)34-24-14-21(13-23(32)28(24)30(33)39)37-25-15-31(3,4)18-43(40,41)29(25)22-16-42-17-26(22)37/h13-14,19-20,34H,5-12,15-18H2,1-4H3,(H2,33,39)(H,35,38)/t19-,20-. The lowest BCUT2D eigenvalue weighted by molar-refractivity contribution is -0.122. The van der Waals surface area contributed by atoms with Crippen molar-refractivity contribution in [3.63, 3.8) is 0 Å². The third-order valence-electron chi connectivity index (χ3n) is 9.03. The van der Waals surface area contributed by atoms with Crippen LogP contribution in [0.4, 0.5) is 10.1 Å². The van der Waals surface area contributed by atoms with Crippen molar-refractivity contribution in [2.75, 3.05) is 30.7 Å². The van der Waals surface area contributed by atoms with Gasteiger partial charge in [-0.2, -0.15) is 0 Å². The number of carbonyl (C=O) groups excluding carboxylic acids is 2. The molecule has 4 N–H and O–H groups in total. The Labute approximate surface area is 253 Å². The van der Waals surface area contributed by atoms with Gasteiger partial charge in [0.15, 0.2) is 9.84 Å². The molecule has 12 heteroatoms. The number of benzene rings is 1. The van der Waals surface area contributed by atoms with E-state index in [1.807, 2.05) is 13.8 Å². The van der Waals surface area contributed by atoms with Gasteiger partial charge in [-0.25, -0.2) is 12.8 Å². The van der Waals surface area contributed by atoms with Gasteiger partial charge in [-0.05, 0) is 62.7 Å². The zero-order valence-electron chi connectivity index (χ0n) is 25.6. The third-order valence-corrected chi connectivity index (χ3v) is 11.3. The van der Waals surface area contributed by atoms with Gasteiger partial charge < -0.3 is 30.6 Å². The van der Waals surface area contributed by atoms with E-state index in [0.717, 1.165) is 45.3 Å². The van der Waals surface area contributed by atoms with Gasteiger partial charge in [-0.15, -0.1) is 0 Å². The highest BCUT2D eigenvalue weighted by Crippen LogP contribution is 2.44. The number of aromatic nitrogens is 1. The Morgan fingerprint density at radius 2 is 1.77 bits per heavy atom. The lowest BCUT2D eigenvalue weighted by Crippen LogP contribution is -2.41. The fraction of sp³-hybridized carbons (Fsp3) is 0.613. The molecule has 5 rings (SSSR count). The van der Waals surface area contributed by atoms with Crippen LogP contribution in [0, 0.1) is 11.2 Å². The minimum Gasteiger partial charge on any atom is -0.382 e. The minimum absolute atomic E-state index is 0.0320. The van der Waals surface area contributed by atoms with Gasteiger partial charge in [0, 0.05) is 36.3 Å². The lowest BCUT2D eigenvalue weighted by Gasteiger charge is -2.32. The number of fused-ring (bicyclic) bond motifs is 3. The molecule has 0 unspecified atom stereocenters. The van der Waals surface area contributed by atoms with Gasteiger partial charge in [0.2, 0.25) is 5.91 Å². The maximum Gasteiger partial charge on any atom is 0.253 e. The zero-order chi connectivity index (χ0) is 31.1. The lowest BCUT2D eigenvalue weighted by atomic mass is 9.89. The highest BCUT2D eigenvalue weighted by molar-refractivity contribution is 7.91. The van der Waals surface area contributed by atoms with Crippen LogP contribution in [0.15, 0.2) is 17.0 Å². The van der Waals surface area contributed by atoms with Crippen LogP contribution in [-0.2, 0) is 39.0 Å². The minimum atomic E-state index is -3.57. The second-order valence-corrected chi connectivity index (χ2v) is 14.8. The number of sulfone groups is 1. The number of rotatable bonds is 10. The summed E-state index contributed by atoms with van der Waals surface area (Å²) in [6.45, 7) is 11.0. The zero-order valence-corrected chi connectivity index (χ0v) is 26.4. The van der Waals surface area contributed by atoms with Crippen molar-refractivity contribution in [3.8, 4) is 5.69 Å². The SMILES string of the molecule is CCN(CC)CCC(=O)N[C@H]1CC[C@H](Nc2cc(-n3c4c(c5c3CC(C)(C)CS5(=O)=O)COC4)cc(F)c2C(N)=O)CC1. The summed E-state index contributed by atoms with van der Waals surface area (Å²) < 4.78 is 49.8. The van der Waals surface area contributed by atoms with Gasteiger partial charge in [-0.3, -0.25) is 9.59 Å². The monoisotopic (exact) mass is 617 g/mol. The summed E-state index contributed by atoms with van der Waals surface area (Å²) >= 11 is 0. The molecule has 10 nitrogen and oxygen atoms in total. The van der Waals surface area contributed by atoms with Crippen LogP contribution >= 0.6 is 0 Å². The molecule has 0 bridgehead atoms. The largest absolute Gasteiger partial charge is 0.382 e. The van der Waals surface area contributed by atoms with Crippen molar-refractivity contribution in [1.29, 1.82) is 0 Å². The molecule has 0 saturated heterocycles. The number of ether oxygens (including phenoxy) is 1. The van der Waals surface area contributed by atoms with Crippen LogP contribution in [0.5, 0.6) is 0 Å². The van der Waals surface area contributed by atoms with Crippen LogP contribution in [0.3, 0.4) is 0 Å². The van der Waals surface area contributed by atoms with Crippen LogP contribution < -0.4 is 16.4 Å². The Bertz CT molecular complexity index is 1510. The molecule has 3 heterocycles. The molecule has 1 aromatic carbocycles. The van der Waals surface area contributed by atoms with Crippen molar-refractivity contribution in [1.82, 2.24) is 14.8 Å². The Morgan fingerprint density at radius 3 is 2.42 bits per heavy atom. The van der Waals surface area contributed by atoms with E-state index in [0.29, 0.717) is 40.4 Å². The molecule has 0 atom stereocenters. The molecule has 236 valence electrons. The Balaban J connectivity index is 1.38. The molecule has 1 aliphatic carbocycles. The average Bonchev–Trinajstić information content (AvgIpc) is 3.48. The quantitative estimate of drug-likeness (QED) is 0.370. The van der Waals surface area contributed by atoms with Crippen LogP contribution in [0.25, 0.3) is 5.69 Å². The van der Waals surface area contributed by atoms with Gasteiger partial charge in [0.05, 0.1) is 46.5 Å². The van der Waals surface area contributed by atoms with E-state index in [2.05, 4.69) is 29.4 Å². The molecule has 0 radical (unpaired) electrons. The summed E-state index contributed by atoms with van der Waals surface area (Å²) in [6.07, 6.45) is 3.92. The van der Waals surface area contributed by atoms with Crippen LogP contribution in [0.2, 0.25) is 0 Å². The first-order chi connectivity index (χ1) is 20.3. The average molecular weight is 618 g/mol. The number of hydrogen-bond acceptors (Lipinski definition) is 7. The third kappa shape index (κ3) is 6.46. The van der Waals surface area contributed by atoms with Crippen molar-refractivity contribution in [2.24, 2.45) is 11.1 Å². The second-order valence-electron chi connectivity index (χ2n) is 12.9. The molecular weight excluding hydrogens is 573 g/mol. The molecule has 2 aliphatic heterocycles. The first kappa shape index (κ1) is 31.5. The smallest absolute Gasteiger partial charge is 0.253 e. The van der Waals surface area contributed by atoms with Crippen molar-refractivity contribution >= 4 is 27.3 Å². The highest BCUT2D eigenvalue weighted by Gasteiger charge is 2.43. The number of hydrogen-bond donors (Lipinski definition) is 3. The molecular formula is C31H44FN5O5S. The molecule has 0 spiro atoms. The molecule has 2 amide bonds. The second kappa shape index (κ2) is 12.2. The summed E-state index contributed by atoms with van der Waals surface area (Å²) in [5, 5.41) is 6.51. The number of halogens is 1.